The maximum Gasteiger partial charge on any atom is -0.0199 e. The maximum absolute atomic E-state index is 3.55. The van der Waals surface area contributed by atoms with Crippen molar-refractivity contribution in [2.45, 2.75) is 179 Å². The Labute approximate surface area is 272 Å². The third-order valence-electron chi connectivity index (χ3n) is 5.95. The molecule has 0 fully saturated rings. The quantitative estimate of drug-likeness (QED) is 0.110. The average molecular weight is 591 g/mol. The van der Waals surface area contributed by atoms with Gasteiger partial charge in [0.15, 0.2) is 0 Å². The van der Waals surface area contributed by atoms with Gasteiger partial charge in [0, 0.05) is 0 Å². The van der Waals surface area contributed by atoms with Crippen molar-refractivity contribution in [3.63, 3.8) is 0 Å². The second-order valence-corrected chi connectivity index (χ2v) is 10.6. The molecule has 0 bridgehead atoms. The van der Waals surface area contributed by atoms with E-state index in [4.69, 9.17) is 0 Å². The summed E-state index contributed by atoms with van der Waals surface area (Å²) in [7, 11) is 0. The zero-order valence-corrected chi connectivity index (χ0v) is 31.9. The molecule has 0 heteroatoms. The third-order valence-corrected chi connectivity index (χ3v) is 5.95. The van der Waals surface area contributed by atoms with E-state index in [0.717, 1.165) is 30.6 Å². The van der Waals surface area contributed by atoms with Crippen LogP contribution in [0.1, 0.15) is 179 Å². The van der Waals surface area contributed by atoms with Crippen molar-refractivity contribution < 1.29 is 0 Å². The van der Waals surface area contributed by atoms with Crippen LogP contribution in [0.4, 0.5) is 0 Å². The van der Waals surface area contributed by atoms with Crippen LogP contribution in [0.15, 0.2) is 75.4 Å². The Bertz CT molecular complexity index is 456. The van der Waals surface area contributed by atoms with Crippen molar-refractivity contribution in [3.8, 4) is 0 Å². The first-order chi connectivity index (χ1) is 20.3. The highest BCUT2D eigenvalue weighted by atomic mass is 14.1. The zero-order chi connectivity index (χ0) is 34.3. The van der Waals surface area contributed by atoms with E-state index >= 15 is 0 Å². The van der Waals surface area contributed by atoms with Crippen molar-refractivity contribution in [2.75, 3.05) is 0 Å². The fourth-order valence-electron chi connectivity index (χ4n) is 3.20. The molecule has 0 nitrogen and oxygen atoms in total. The number of hydrogen-bond acceptors (Lipinski definition) is 0. The van der Waals surface area contributed by atoms with Gasteiger partial charge in [-0.05, 0) is 70.1 Å². The molecule has 1 unspecified atom stereocenters. The number of rotatable bonds is 18. The van der Waals surface area contributed by atoms with Gasteiger partial charge in [-0.1, -0.05) is 170 Å². The van der Waals surface area contributed by atoms with Crippen molar-refractivity contribution >= 4 is 0 Å². The molecular weight excluding hydrogens is 504 g/mol. The highest BCUT2D eigenvalue weighted by molar-refractivity contribution is 4.92. The van der Waals surface area contributed by atoms with E-state index < -0.39 is 0 Å². The Morgan fingerprint density at radius 2 is 1.02 bits per heavy atom. The second kappa shape index (κ2) is 67.2. The van der Waals surface area contributed by atoms with E-state index in [-0.39, 0.29) is 0 Å². The highest BCUT2D eigenvalue weighted by Gasteiger charge is 2.04. The lowest BCUT2D eigenvalue weighted by atomic mass is 9.93. The van der Waals surface area contributed by atoms with Crippen LogP contribution in [-0.2, 0) is 0 Å². The molecule has 0 radical (unpaired) electrons. The van der Waals surface area contributed by atoms with Gasteiger partial charge in [-0.15, -0.1) is 32.9 Å². The van der Waals surface area contributed by atoms with Gasteiger partial charge in [-0.25, -0.2) is 0 Å². The normalized spacial score (nSPS) is 10.7. The lowest BCUT2D eigenvalue weighted by Crippen LogP contribution is -2.02. The van der Waals surface area contributed by atoms with Crippen LogP contribution < -0.4 is 0 Å². The van der Waals surface area contributed by atoms with Crippen LogP contribution in [0, 0.1) is 17.8 Å². The topological polar surface area (TPSA) is 0 Å². The molecule has 0 aromatic rings. The summed E-state index contributed by atoms with van der Waals surface area (Å²) in [6.45, 7) is 42.5. The minimum Gasteiger partial charge on any atom is -0.106 e. The van der Waals surface area contributed by atoms with Crippen LogP contribution in [0.3, 0.4) is 0 Å². The maximum atomic E-state index is 3.55. The van der Waals surface area contributed by atoms with E-state index in [2.05, 4.69) is 120 Å². The monoisotopic (exact) mass is 591 g/mol. The molecule has 0 saturated heterocycles. The Morgan fingerprint density at radius 3 is 1.38 bits per heavy atom. The summed E-state index contributed by atoms with van der Waals surface area (Å²) in [5.74, 6) is 2.56. The SMILES string of the molecule is C/C=C\C(C/C=C/CCCCCC)CCCC.C=C.C=CC.C=CCCC=C.CC.CCC.CCCC[C@@H](C)C(C)C. The van der Waals surface area contributed by atoms with E-state index in [1.54, 1.807) is 6.08 Å². The number of allylic oxidation sites excluding steroid dienone is 7. The Kier molecular flexibility index (Phi) is 90.1. The average Bonchev–Trinajstić information content (AvgIpc) is 3.00. The predicted octanol–water partition coefficient (Wildman–Crippen LogP) is 16.3. The lowest BCUT2D eigenvalue weighted by Gasteiger charge is -2.13. The molecule has 42 heavy (non-hydrogen) atoms. The van der Waals surface area contributed by atoms with Gasteiger partial charge in [0.05, 0.1) is 0 Å². The van der Waals surface area contributed by atoms with E-state index in [0.29, 0.717) is 0 Å². The molecule has 0 aliphatic heterocycles. The van der Waals surface area contributed by atoms with Crippen molar-refractivity contribution in [1.82, 2.24) is 0 Å². The first-order valence-corrected chi connectivity index (χ1v) is 17.8. The molecule has 0 aliphatic rings. The Balaban J connectivity index is -0.0000000822. The van der Waals surface area contributed by atoms with Gasteiger partial charge in [0.1, 0.15) is 0 Å². The van der Waals surface area contributed by atoms with Gasteiger partial charge in [-0.2, -0.15) is 0 Å². The molecule has 2 atom stereocenters. The van der Waals surface area contributed by atoms with Gasteiger partial charge in [-0.3, -0.25) is 0 Å². The molecule has 0 saturated carbocycles. The fraction of sp³-hybridized carbons (Fsp3) is 0.714. The summed E-state index contributed by atoms with van der Waals surface area (Å²) in [6.07, 6.45) is 34.4. The first kappa shape index (κ1) is 56.3. The summed E-state index contributed by atoms with van der Waals surface area (Å²) >= 11 is 0. The molecule has 0 amide bonds. The largest absolute Gasteiger partial charge is 0.106 e. The third kappa shape index (κ3) is 83.3. The summed E-state index contributed by atoms with van der Waals surface area (Å²) < 4.78 is 0. The van der Waals surface area contributed by atoms with Crippen LogP contribution in [0.25, 0.3) is 0 Å². The van der Waals surface area contributed by atoms with E-state index in [9.17, 15) is 0 Å². The van der Waals surface area contributed by atoms with E-state index in [1.807, 2.05) is 32.9 Å². The van der Waals surface area contributed by atoms with Crippen molar-refractivity contribution in [2.24, 2.45) is 17.8 Å². The van der Waals surface area contributed by atoms with Crippen molar-refractivity contribution in [3.05, 3.63) is 75.4 Å². The number of unbranched alkanes of at least 4 members (excludes halogenated alkanes) is 7. The Hall–Kier alpha value is -1.56. The highest BCUT2D eigenvalue weighted by Crippen LogP contribution is 2.17. The fourth-order valence-corrected chi connectivity index (χ4v) is 3.20. The summed E-state index contributed by atoms with van der Waals surface area (Å²) in [5.41, 5.74) is 0. The van der Waals surface area contributed by atoms with Gasteiger partial charge < -0.3 is 0 Å². The minimum absolute atomic E-state index is 0.770. The molecular formula is C42H86. The van der Waals surface area contributed by atoms with Crippen LogP contribution in [-0.4, -0.2) is 0 Å². The Morgan fingerprint density at radius 1 is 0.595 bits per heavy atom. The molecule has 254 valence electrons. The van der Waals surface area contributed by atoms with Gasteiger partial charge in [0.2, 0.25) is 0 Å². The molecule has 0 spiro atoms. The van der Waals surface area contributed by atoms with Gasteiger partial charge in [0.25, 0.3) is 0 Å². The van der Waals surface area contributed by atoms with Crippen molar-refractivity contribution in [1.29, 1.82) is 0 Å². The lowest BCUT2D eigenvalue weighted by molar-refractivity contribution is 0.381. The van der Waals surface area contributed by atoms with Crippen LogP contribution in [0.2, 0.25) is 0 Å². The molecule has 0 heterocycles. The molecule has 0 aliphatic carbocycles. The summed E-state index contributed by atoms with van der Waals surface area (Å²) in [5, 5.41) is 0. The second-order valence-electron chi connectivity index (χ2n) is 10.6. The standard InChI is InChI=1S/C17H32.C9H20.C6H10.C3H8.C3H6.C2H6.C2H4/c1-4-7-9-10-11-12-13-16-17(14-6-3)15-8-5-2;1-5-6-7-9(4)8(2)3;1-3-5-6-4-2;2*1-3-2;2*1-2/h6,12-14,17H,4-5,7-11,15-16H2,1-3H3;8-9H,5-7H2,1-4H3;3-4H,1-2,5-6H2;3H2,1-2H3;3H,1H2,2H3;1-2H3;1-2H2/b13-12+,14-6-;;;;;;/t;9-;;;;;/m.1...../s1. The number of hydrogen-bond donors (Lipinski definition) is 0. The molecule has 0 aromatic carbocycles. The molecule has 0 rings (SSSR count). The van der Waals surface area contributed by atoms with Crippen LogP contribution >= 0.6 is 0 Å². The van der Waals surface area contributed by atoms with E-state index in [1.165, 1.54) is 83.5 Å². The van der Waals surface area contributed by atoms with Crippen LogP contribution in [0.5, 0.6) is 0 Å². The van der Waals surface area contributed by atoms with Gasteiger partial charge >= 0.3 is 0 Å². The first-order valence-electron chi connectivity index (χ1n) is 17.8. The summed E-state index contributed by atoms with van der Waals surface area (Å²) in [4.78, 5) is 0. The molecule has 0 aromatic heterocycles. The predicted molar refractivity (Wildman–Crippen MR) is 208 cm³/mol. The zero-order valence-electron chi connectivity index (χ0n) is 31.9. The molecule has 0 N–H and O–H groups in total. The smallest absolute Gasteiger partial charge is 0.0199 e. The minimum atomic E-state index is 0.770. The summed E-state index contributed by atoms with van der Waals surface area (Å²) in [6, 6.07) is 0.